The number of nitrogens with one attached hydrogen (secondary N) is 1. The lowest BCUT2D eigenvalue weighted by atomic mass is 10.0. The lowest BCUT2D eigenvalue weighted by molar-refractivity contribution is 0.890. The zero-order valence-electron chi connectivity index (χ0n) is 9.56. The van der Waals surface area contributed by atoms with E-state index in [2.05, 4.69) is 52.4 Å². The Morgan fingerprint density at radius 3 is 2.71 bits per heavy atom. The normalized spacial score (nSPS) is 10.8. The molecule has 2 heteroatoms. The minimum Gasteiger partial charge on any atom is -0.349 e. The maximum Gasteiger partial charge on any atom is 0.106 e. The first-order valence-electron chi connectivity index (χ1n) is 5.88. The van der Waals surface area contributed by atoms with Gasteiger partial charge in [0.05, 0.1) is 0 Å². The quantitative estimate of drug-likeness (QED) is 0.723. The summed E-state index contributed by atoms with van der Waals surface area (Å²) in [5.41, 5.74) is 1.39. The van der Waals surface area contributed by atoms with Gasteiger partial charge in [-0.15, -0.1) is 0 Å². The summed E-state index contributed by atoms with van der Waals surface area (Å²) in [5.74, 6) is 1.05. The molecule has 0 radical (unpaired) electrons. The highest BCUT2D eigenvalue weighted by atomic mass is 14.9. The number of rotatable bonds is 3. The lowest BCUT2D eigenvalue weighted by Crippen LogP contribution is -1.94. The second-order valence-corrected chi connectivity index (χ2v) is 4.17. The average molecular weight is 222 g/mol. The highest BCUT2D eigenvalue weighted by Crippen LogP contribution is 2.19. The Balaban J connectivity index is 1.90. The first-order chi connectivity index (χ1) is 8.43. The molecule has 1 N–H and O–H groups in total. The molecule has 1 heterocycles. The molecular formula is C15H14N2. The largest absolute Gasteiger partial charge is 0.349 e. The van der Waals surface area contributed by atoms with Crippen molar-refractivity contribution in [2.45, 2.75) is 12.8 Å². The van der Waals surface area contributed by atoms with Crippen LogP contribution in [0.3, 0.4) is 0 Å². The van der Waals surface area contributed by atoms with Crippen LogP contribution in [0.25, 0.3) is 10.8 Å². The summed E-state index contributed by atoms with van der Waals surface area (Å²) in [7, 11) is 0. The molecule has 0 aliphatic heterocycles. The first-order valence-corrected chi connectivity index (χ1v) is 5.88. The molecule has 3 aromatic rings. The molecule has 0 aliphatic carbocycles. The summed E-state index contributed by atoms with van der Waals surface area (Å²) < 4.78 is 0. The van der Waals surface area contributed by atoms with Crippen molar-refractivity contribution < 1.29 is 0 Å². The maximum absolute atomic E-state index is 4.26. The van der Waals surface area contributed by atoms with Crippen molar-refractivity contribution in [3.05, 3.63) is 66.2 Å². The minimum absolute atomic E-state index is 0.959. The van der Waals surface area contributed by atoms with Crippen LogP contribution in [0.5, 0.6) is 0 Å². The molecule has 0 unspecified atom stereocenters. The van der Waals surface area contributed by atoms with Gasteiger partial charge in [-0.05, 0) is 22.8 Å². The predicted octanol–water partition coefficient (Wildman–Crippen LogP) is 3.35. The molecule has 17 heavy (non-hydrogen) atoms. The van der Waals surface area contributed by atoms with E-state index in [1.165, 1.54) is 16.3 Å². The van der Waals surface area contributed by atoms with Gasteiger partial charge in [0.1, 0.15) is 5.82 Å². The summed E-state index contributed by atoms with van der Waals surface area (Å²) in [6.07, 6.45) is 5.66. The smallest absolute Gasteiger partial charge is 0.106 e. The lowest BCUT2D eigenvalue weighted by Gasteiger charge is -2.05. The molecule has 84 valence electrons. The SMILES string of the molecule is c1ccc2c(CCc3ncc[nH]3)cccc2c1. The Morgan fingerprint density at radius 1 is 0.941 bits per heavy atom. The number of fused-ring (bicyclic) bond motifs is 1. The number of H-pyrrole nitrogens is 1. The van der Waals surface area contributed by atoms with Gasteiger partial charge in [-0.3, -0.25) is 0 Å². The number of hydrogen-bond acceptors (Lipinski definition) is 1. The first kappa shape index (κ1) is 10.1. The minimum atomic E-state index is 0.959. The van der Waals surface area contributed by atoms with E-state index in [9.17, 15) is 0 Å². The van der Waals surface area contributed by atoms with Crippen LogP contribution in [0.4, 0.5) is 0 Å². The van der Waals surface area contributed by atoms with Gasteiger partial charge >= 0.3 is 0 Å². The molecule has 2 aromatic carbocycles. The second kappa shape index (κ2) is 4.42. The molecule has 0 atom stereocenters. The number of hydrogen-bond donors (Lipinski definition) is 1. The molecule has 0 spiro atoms. The van der Waals surface area contributed by atoms with E-state index in [1.807, 2.05) is 6.20 Å². The van der Waals surface area contributed by atoms with Crippen LogP contribution in [0, 0.1) is 0 Å². The summed E-state index contributed by atoms with van der Waals surface area (Å²) in [4.78, 5) is 7.40. The van der Waals surface area contributed by atoms with Gasteiger partial charge in [0.25, 0.3) is 0 Å². The Morgan fingerprint density at radius 2 is 1.82 bits per heavy atom. The van der Waals surface area contributed by atoms with Crippen LogP contribution in [0.2, 0.25) is 0 Å². The van der Waals surface area contributed by atoms with Crippen LogP contribution < -0.4 is 0 Å². The van der Waals surface area contributed by atoms with Gasteiger partial charge < -0.3 is 4.98 Å². The maximum atomic E-state index is 4.26. The molecule has 1 aromatic heterocycles. The van der Waals surface area contributed by atoms with Crippen LogP contribution in [-0.4, -0.2) is 9.97 Å². The van der Waals surface area contributed by atoms with E-state index in [1.54, 1.807) is 6.20 Å². The van der Waals surface area contributed by atoms with E-state index < -0.39 is 0 Å². The topological polar surface area (TPSA) is 28.7 Å². The molecule has 0 amide bonds. The van der Waals surface area contributed by atoms with Gasteiger partial charge in [0.15, 0.2) is 0 Å². The zero-order valence-corrected chi connectivity index (χ0v) is 9.56. The summed E-state index contributed by atoms with van der Waals surface area (Å²) in [6, 6.07) is 15.0. The molecule has 0 fully saturated rings. The fourth-order valence-corrected chi connectivity index (χ4v) is 2.20. The van der Waals surface area contributed by atoms with Gasteiger partial charge in [0.2, 0.25) is 0 Å². The number of aromatic amines is 1. The van der Waals surface area contributed by atoms with Gasteiger partial charge in [-0.1, -0.05) is 42.5 Å². The number of nitrogens with zero attached hydrogens (tertiary/aromatic N) is 1. The zero-order chi connectivity index (χ0) is 11.5. The Bertz CT molecular complexity index is 606. The molecule has 0 saturated heterocycles. The molecule has 2 nitrogen and oxygen atoms in total. The fraction of sp³-hybridized carbons (Fsp3) is 0.133. The summed E-state index contributed by atoms with van der Waals surface area (Å²) in [6.45, 7) is 0. The van der Waals surface area contributed by atoms with E-state index in [0.29, 0.717) is 0 Å². The Hall–Kier alpha value is -2.09. The highest BCUT2D eigenvalue weighted by Gasteiger charge is 2.01. The van der Waals surface area contributed by atoms with Crippen LogP contribution >= 0.6 is 0 Å². The molecule has 0 saturated carbocycles. The van der Waals surface area contributed by atoms with E-state index in [4.69, 9.17) is 0 Å². The average Bonchev–Trinajstić information content (AvgIpc) is 2.89. The van der Waals surface area contributed by atoms with Gasteiger partial charge in [-0.2, -0.15) is 0 Å². The summed E-state index contributed by atoms with van der Waals surface area (Å²) >= 11 is 0. The van der Waals surface area contributed by atoms with Gasteiger partial charge in [0, 0.05) is 18.8 Å². The van der Waals surface area contributed by atoms with Crippen LogP contribution in [-0.2, 0) is 12.8 Å². The second-order valence-electron chi connectivity index (χ2n) is 4.17. The summed E-state index contributed by atoms with van der Waals surface area (Å²) in [5, 5.41) is 2.66. The standard InChI is InChI=1S/C15H14N2/c1-2-7-14-12(4-1)5-3-6-13(14)8-9-15-16-10-11-17-15/h1-7,10-11H,8-9H2,(H,16,17). The van der Waals surface area contributed by atoms with Crippen molar-refractivity contribution in [3.63, 3.8) is 0 Å². The number of benzene rings is 2. The van der Waals surface area contributed by atoms with E-state index in [0.717, 1.165) is 18.7 Å². The van der Waals surface area contributed by atoms with Crippen molar-refractivity contribution in [2.24, 2.45) is 0 Å². The number of imidazole rings is 1. The molecular weight excluding hydrogens is 208 g/mol. The van der Waals surface area contributed by atoms with E-state index >= 15 is 0 Å². The fourth-order valence-electron chi connectivity index (χ4n) is 2.20. The highest BCUT2D eigenvalue weighted by molar-refractivity contribution is 5.85. The third-order valence-electron chi connectivity index (χ3n) is 3.07. The monoisotopic (exact) mass is 222 g/mol. The Labute approximate surface area is 100 Å². The third kappa shape index (κ3) is 2.07. The van der Waals surface area contributed by atoms with Crippen LogP contribution in [0.1, 0.15) is 11.4 Å². The number of aromatic nitrogens is 2. The van der Waals surface area contributed by atoms with Crippen molar-refractivity contribution in [2.75, 3.05) is 0 Å². The van der Waals surface area contributed by atoms with E-state index in [-0.39, 0.29) is 0 Å². The number of aryl methyl sites for hydroxylation is 2. The van der Waals surface area contributed by atoms with Crippen molar-refractivity contribution >= 4 is 10.8 Å². The van der Waals surface area contributed by atoms with Gasteiger partial charge in [-0.25, -0.2) is 4.98 Å². The molecule has 0 bridgehead atoms. The van der Waals surface area contributed by atoms with Crippen LogP contribution in [0.15, 0.2) is 54.9 Å². The van der Waals surface area contributed by atoms with Crippen molar-refractivity contribution in [3.8, 4) is 0 Å². The van der Waals surface area contributed by atoms with Crippen molar-refractivity contribution in [1.29, 1.82) is 0 Å². The third-order valence-corrected chi connectivity index (χ3v) is 3.07. The molecule has 0 aliphatic rings. The Kier molecular flexibility index (Phi) is 2.62. The van der Waals surface area contributed by atoms with Crippen molar-refractivity contribution in [1.82, 2.24) is 9.97 Å². The molecule has 3 rings (SSSR count). The predicted molar refractivity (Wildman–Crippen MR) is 69.9 cm³/mol.